The van der Waals surface area contributed by atoms with Gasteiger partial charge in [-0.05, 0) is 79.2 Å². The molecule has 2 fully saturated rings. The Hall–Kier alpha value is -2.74. The van der Waals surface area contributed by atoms with Crippen LogP contribution in [-0.4, -0.2) is 53.6 Å². The third-order valence-electron chi connectivity index (χ3n) is 7.34. The zero-order chi connectivity index (χ0) is 26.7. The van der Waals surface area contributed by atoms with Gasteiger partial charge in [0, 0.05) is 13.0 Å². The van der Waals surface area contributed by atoms with Crippen molar-refractivity contribution in [1.82, 2.24) is 10.2 Å². The minimum Gasteiger partial charge on any atom is -0.489 e. The van der Waals surface area contributed by atoms with Crippen LogP contribution in [-0.2, 0) is 11.2 Å². The molecule has 8 heteroatoms. The van der Waals surface area contributed by atoms with Crippen LogP contribution >= 0.6 is 11.6 Å². The summed E-state index contributed by atoms with van der Waals surface area (Å²) in [5, 5.41) is 16.0. The van der Waals surface area contributed by atoms with Gasteiger partial charge in [0.2, 0.25) is 0 Å². The predicted molar refractivity (Wildman–Crippen MR) is 145 cm³/mol. The molecular weight excluding hydrogens is 510 g/mol. The van der Waals surface area contributed by atoms with E-state index < -0.39 is 30.4 Å². The number of amides is 1. The molecular formula is C30H33ClF2N2O3. The lowest BCUT2D eigenvalue weighted by Crippen LogP contribution is -2.51. The lowest BCUT2D eigenvalue weighted by molar-refractivity contribution is -0.148. The lowest BCUT2D eigenvalue weighted by Gasteiger charge is -2.30. The number of hydrogen-bond acceptors (Lipinski definition) is 4. The van der Waals surface area contributed by atoms with Gasteiger partial charge in [-0.2, -0.15) is 8.78 Å². The van der Waals surface area contributed by atoms with Gasteiger partial charge in [-0.3, -0.25) is 4.79 Å². The van der Waals surface area contributed by atoms with Gasteiger partial charge >= 0.3 is 5.92 Å². The van der Waals surface area contributed by atoms with Crippen LogP contribution < -0.4 is 10.1 Å². The molecule has 5 rings (SSSR count). The number of rotatable bonds is 11. The highest BCUT2D eigenvalue weighted by atomic mass is 35.5. The van der Waals surface area contributed by atoms with Gasteiger partial charge in [0.05, 0.1) is 17.2 Å². The van der Waals surface area contributed by atoms with E-state index in [4.69, 9.17) is 16.3 Å². The van der Waals surface area contributed by atoms with E-state index in [-0.39, 0.29) is 19.1 Å². The zero-order valence-electron chi connectivity index (χ0n) is 21.2. The predicted octanol–water partition coefficient (Wildman–Crippen LogP) is 5.92. The number of alkyl halides is 2. The molecule has 3 aromatic carbocycles. The van der Waals surface area contributed by atoms with Crippen molar-refractivity contribution < 1.29 is 23.4 Å². The largest absolute Gasteiger partial charge is 0.489 e. The second kappa shape index (κ2) is 11.6. The fourth-order valence-corrected chi connectivity index (χ4v) is 5.18. The van der Waals surface area contributed by atoms with Gasteiger partial charge in [0.1, 0.15) is 11.9 Å². The Morgan fingerprint density at radius 1 is 1.08 bits per heavy atom. The van der Waals surface area contributed by atoms with Crippen molar-refractivity contribution >= 4 is 28.3 Å². The molecule has 0 bridgehead atoms. The number of likely N-dealkylation sites (tertiary alicyclic amines) is 1. The molecule has 2 aliphatic rings. The first-order valence-electron chi connectivity index (χ1n) is 13.3. The maximum atomic E-state index is 15.1. The average Bonchev–Trinajstić information content (AvgIpc) is 3.59. The maximum absolute atomic E-state index is 15.1. The Kier molecular flexibility index (Phi) is 8.17. The monoisotopic (exact) mass is 542 g/mol. The fraction of sp³-hybridized carbons (Fsp3) is 0.433. The summed E-state index contributed by atoms with van der Waals surface area (Å²) in [5.74, 6) is -4.43. The molecule has 5 nitrogen and oxygen atoms in total. The Labute approximate surface area is 226 Å². The van der Waals surface area contributed by atoms with Crippen molar-refractivity contribution in [2.45, 2.75) is 62.7 Å². The second-order valence-corrected chi connectivity index (χ2v) is 10.8. The van der Waals surface area contributed by atoms with Gasteiger partial charge in [0.15, 0.2) is 0 Å². The van der Waals surface area contributed by atoms with Crippen LogP contribution in [0.1, 0.15) is 49.3 Å². The highest BCUT2D eigenvalue weighted by Crippen LogP contribution is 2.34. The number of fused-ring (bicyclic) bond motifs is 1. The van der Waals surface area contributed by atoms with Gasteiger partial charge < -0.3 is 20.1 Å². The average molecular weight is 543 g/mol. The number of nitrogens with zero attached hydrogens (tertiary/aromatic N) is 1. The van der Waals surface area contributed by atoms with E-state index in [0.29, 0.717) is 16.3 Å². The number of aryl methyl sites for hydroxylation is 1. The van der Waals surface area contributed by atoms with Crippen molar-refractivity contribution in [2.24, 2.45) is 0 Å². The summed E-state index contributed by atoms with van der Waals surface area (Å²) >= 11 is 6.38. The molecule has 1 heterocycles. The van der Waals surface area contributed by atoms with Crippen molar-refractivity contribution in [3.63, 3.8) is 0 Å². The molecule has 1 amide bonds. The van der Waals surface area contributed by atoms with E-state index in [2.05, 4.69) is 10.2 Å². The third-order valence-corrected chi connectivity index (χ3v) is 7.64. The van der Waals surface area contributed by atoms with E-state index in [0.717, 1.165) is 55.1 Å². The second-order valence-electron chi connectivity index (χ2n) is 10.4. The van der Waals surface area contributed by atoms with E-state index in [1.807, 2.05) is 42.5 Å². The van der Waals surface area contributed by atoms with Crippen molar-refractivity contribution in [3.8, 4) is 5.75 Å². The van der Waals surface area contributed by atoms with E-state index in [9.17, 15) is 9.90 Å². The van der Waals surface area contributed by atoms with Gasteiger partial charge in [0.25, 0.3) is 5.91 Å². The van der Waals surface area contributed by atoms with Crippen molar-refractivity contribution in [1.29, 1.82) is 0 Å². The number of aliphatic hydroxyl groups excluding tert-OH is 1. The summed E-state index contributed by atoms with van der Waals surface area (Å²) < 4.78 is 35.9. The van der Waals surface area contributed by atoms with E-state index >= 15 is 8.78 Å². The normalized spacial score (nSPS) is 17.9. The molecule has 1 aliphatic carbocycles. The first-order chi connectivity index (χ1) is 18.3. The van der Waals surface area contributed by atoms with Crippen LogP contribution in [0.3, 0.4) is 0 Å². The molecule has 202 valence electrons. The molecule has 2 unspecified atom stereocenters. The zero-order valence-corrected chi connectivity index (χ0v) is 22.0. The van der Waals surface area contributed by atoms with E-state index in [1.54, 1.807) is 18.2 Å². The molecule has 0 radical (unpaired) electrons. The van der Waals surface area contributed by atoms with Crippen LogP contribution in [0.4, 0.5) is 8.78 Å². The highest BCUT2D eigenvalue weighted by Gasteiger charge is 2.41. The number of ether oxygens (including phenoxy) is 1. The summed E-state index contributed by atoms with van der Waals surface area (Å²) in [7, 11) is 0. The Bertz CT molecular complexity index is 1280. The Morgan fingerprint density at radius 2 is 1.82 bits per heavy atom. The number of nitrogens with one attached hydrogen (secondary N) is 1. The summed E-state index contributed by atoms with van der Waals surface area (Å²) in [6.45, 7) is 1.87. The molecule has 1 aliphatic heterocycles. The van der Waals surface area contributed by atoms with Crippen LogP contribution in [0.15, 0.2) is 60.7 Å². The molecule has 1 saturated heterocycles. The summed E-state index contributed by atoms with van der Waals surface area (Å²) in [4.78, 5) is 14.9. The smallest absolute Gasteiger partial charge is 0.324 e. The summed E-state index contributed by atoms with van der Waals surface area (Å²) in [6.07, 6.45) is 2.37. The minimum absolute atomic E-state index is 0.0582. The number of hydrogen-bond donors (Lipinski definition) is 2. The van der Waals surface area contributed by atoms with Crippen LogP contribution in [0.2, 0.25) is 5.02 Å². The lowest BCUT2D eigenvalue weighted by atomic mass is 9.99. The van der Waals surface area contributed by atoms with Crippen LogP contribution in [0.25, 0.3) is 10.8 Å². The molecule has 0 spiro atoms. The molecule has 2 atom stereocenters. The highest BCUT2D eigenvalue weighted by molar-refractivity contribution is 6.32. The third kappa shape index (κ3) is 6.63. The summed E-state index contributed by atoms with van der Waals surface area (Å²) in [5.41, 5.74) is 1.19. The van der Waals surface area contributed by atoms with Gasteiger partial charge in [-0.15, -0.1) is 0 Å². The minimum atomic E-state index is -3.59. The number of aliphatic hydroxyl groups is 1. The topological polar surface area (TPSA) is 61.8 Å². The Balaban J connectivity index is 1.27. The first kappa shape index (κ1) is 26.9. The Morgan fingerprint density at radius 3 is 2.53 bits per heavy atom. The van der Waals surface area contributed by atoms with Gasteiger partial charge in [-0.1, -0.05) is 60.1 Å². The van der Waals surface area contributed by atoms with Crippen LogP contribution in [0.5, 0.6) is 5.75 Å². The molecule has 38 heavy (non-hydrogen) atoms. The quantitative estimate of drug-likeness (QED) is 0.316. The molecule has 2 N–H and O–H groups in total. The number of benzene rings is 3. The number of halogens is 3. The van der Waals surface area contributed by atoms with Crippen molar-refractivity contribution in [2.75, 3.05) is 19.6 Å². The number of carbonyl (C=O) groups excluding carboxylic acids is 1. The molecule has 3 aromatic rings. The molecule has 0 aromatic heterocycles. The number of carbonyl (C=O) groups is 1. The maximum Gasteiger partial charge on any atom is 0.324 e. The van der Waals surface area contributed by atoms with Crippen molar-refractivity contribution in [3.05, 3.63) is 76.8 Å². The first-order valence-corrected chi connectivity index (χ1v) is 13.7. The standard InChI is InChI=1S/C30H33ClF2N2O3/c31-25-18-23(9-12-27(25)38-24-10-11-24)28(36)26(19-35-15-3-4-16-35)34-29(37)30(32,33)14-13-20-7-8-21-5-1-2-6-22(21)17-20/h1-2,5-9,12,17-18,24,26,28,36H,3-4,10-11,13-16,19H2,(H,34,37). The fourth-order valence-electron chi connectivity index (χ4n) is 4.95. The SMILES string of the molecule is O=C(NC(CN1CCCC1)C(O)c1ccc(OC2CC2)c(Cl)c1)C(F)(F)CCc1ccc2ccccc2c1. The summed E-state index contributed by atoms with van der Waals surface area (Å²) in [6, 6.07) is 17.4. The van der Waals surface area contributed by atoms with Gasteiger partial charge in [-0.25, -0.2) is 0 Å². The van der Waals surface area contributed by atoms with Crippen LogP contribution in [0, 0.1) is 0 Å². The van der Waals surface area contributed by atoms with E-state index in [1.165, 1.54) is 0 Å². The molecule has 1 saturated carbocycles.